The predicted molar refractivity (Wildman–Crippen MR) is 72.6 cm³/mol. The fraction of sp³-hybridized carbons (Fsp3) is 0.429. The van der Waals surface area contributed by atoms with Gasteiger partial charge < -0.3 is 20.3 Å². The second-order valence-electron chi connectivity index (χ2n) is 4.84. The number of carbonyl (C=O) groups is 2. The van der Waals surface area contributed by atoms with Crippen LogP contribution in [-0.2, 0) is 9.59 Å². The van der Waals surface area contributed by atoms with Crippen molar-refractivity contribution in [1.82, 2.24) is 5.32 Å². The Morgan fingerprint density at radius 1 is 1.30 bits per heavy atom. The first kappa shape index (κ1) is 15.8. The summed E-state index contributed by atoms with van der Waals surface area (Å²) in [5.41, 5.74) is 0. The topological polar surface area (TPSA) is 95.9 Å². The number of carbonyl (C=O) groups excluding carboxylic acids is 1. The van der Waals surface area contributed by atoms with Gasteiger partial charge in [0.1, 0.15) is 6.04 Å². The van der Waals surface area contributed by atoms with Crippen LogP contribution in [0, 0.1) is 5.92 Å². The molecule has 1 atom stereocenters. The van der Waals surface area contributed by atoms with E-state index in [2.05, 4.69) is 5.32 Å². The quantitative estimate of drug-likeness (QED) is 0.702. The van der Waals surface area contributed by atoms with Gasteiger partial charge in [-0.3, -0.25) is 4.79 Å². The third kappa shape index (κ3) is 5.17. The van der Waals surface area contributed by atoms with Gasteiger partial charge >= 0.3 is 5.97 Å². The molecule has 0 aliphatic rings. The molecule has 0 bridgehead atoms. The van der Waals surface area contributed by atoms with Crippen LogP contribution in [0.5, 0.6) is 11.5 Å². The van der Waals surface area contributed by atoms with Gasteiger partial charge in [-0.2, -0.15) is 0 Å². The molecule has 1 aromatic rings. The lowest BCUT2D eigenvalue weighted by Gasteiger charge is -2.16. The molecule has 0 unspecified atom stereocenters. The summed E-state index contributed by atoms with van der Waals surface area (Å²) < 4.78 is 5.13. The van der Waals surface area contributed by atoms with Crippen LogP contribution in [0.4, 0.5) is 0 Å². The molecule has 0 spiro atoms. The molecule has 110 valence electrons. The van der Waals surface area contributed by atoms with Crippen molar-refractivity contribution in [3.63, 3.8) is 0 Å². The van der Waals surface area contributed by atoms with E-state index in [1.54, 1.807) is 12.1 Å². The molecule has 0 heterocycles. The zero-order valence-electron chi connectivity index (χ0n) is 11.5. The first-order chi connectivity index (χ1) is 9.40. The molecular formula is C14H19NO5. The van der Waals surface area contributed by atoms with Gasteiger partial charge in [0.25, 0.3) is 5.91 Å². The van der Waals surface area contributed by atoms with E-state index in [-0.39, 0.29) is 24.0 Å². The van der Waals surface area contributed by atoms with Gasteiger partial charge in [0.05, 0.1) is 0 Å². The highest BCUT2D eigenvalue weighted by molar-refractivity contribution is 5.84. The van der Waals surface area contributed by atoms with Gasteiger partial charge in [-0.1, -0.05) is 26.0 Å². The zero-order chi connectivity index (χ0) is 15.1. The highest BCUT2D eigenvalue weighted by atomic mass is 16.5. The van der Waals surface area contributed by atoms with Crippen molar-refractivity contribution in [1.29, 1.82) is 0 Å². The molecule has 20 heavy (non-hydrogen) atoms. The van der Waals surface area contributed by atoms with Crippen molar-refractivity contribution < 1.29 is 24.5 Å². The van der Waals surface area contributed by atoms with Gasteiger partial charge in [0.2, 0.25) is 0 Å². The number of phenolic OH excluding ortho intramolecular Hbond substituents is 1. The van der Waals surface area contributed by atoms with Crippen LogP contribution in [0.3, 0.4) is 0 Å². The van der Waals surface area contributed by atoms with Crippen molar-refractivity contribution in [2.45, 2.75) is 26.3 Å². The molecule has 6 nitrogen and oxygen atoms in total. The summed E-state index contributed by atoms with van der Waals surface area (Å²) in [5, 5.41) is 20.9. The Kier molecular flexibility index (Phi) is 5.83. The number of nitrogens with one attached hydrogen (secondary N) is 1. The Morgan fingerprint density at radius 3 is 2.50 bits per heavy atom. The Hall–Kier alpha value is -2.24. The van der Waals surface area contributed by atoms with Crippen LogP contribution in [0.15, 0.2) is 24.3 Å². The lowest BCUT2D eigenvalue weighted by Crippen LogP contribution is -2.43. The van der Waals surface area contributed by atoms with Crippen LogP contribution in [-0.4, -0.2) is 34.7 Å². The molecule has 0 aromatic heterocycles. The van der Waals surface area contributed by atoms with E-state index in [9.17, 15) is 14.7 Å². The number of carboxylic acids is 1. The number of aromatic hydroxyl groups is 1. The average Bonchev–Trinajstić information content (AvgIpc) is 2.36. The SMILES string of the molecule is CC(C)C[C@H](NC(=O)COc1ccccc1O)C(=O)O. The largest absolute Gasteiger partial charge is 0.504 e. The smallest absolute Gasteiger partial charge is 0.326 e. The second kappa shape index (κ2) is 7.37. The molecule has 1 rings (SSSR count). The van der Waals surface area contributed by atoms with E-state index < -0.39 is 17.9 Å². The molecule has 0 saturated carbocycles. The number of ether oxygens (including phenoxy) is 1. The third-order valence-corrected chi connectivity index (χ3v) is 2.56. The first-order valence-corrected chi connectivity index (χ1v) is 6.33. The van der Waals surface area contributed by atoms with Crippen LogP contribution in [0.25, 0.3) is 0 Å². The van der Waals surface area contributed by atoms with E-state index in [0.717, 1.165) is 0 Å². The lowest BCUT2D eigenvalue weighted by molar-refractivity contribution is -0.142. The number of para-hydroxylation sites is 2. The monoisotopic (exact) mass is 281 g/mol. The molecule has 1 amide bonds. The maximum atomic E-state index is 11.6. The van der Waals surface area contributed by atoms with Gasteiger partial charge in [0, 0.05) is 0 Å². The Morgan fingerprint density at radius 2 is 1.95 bits per heavy atom. The van der Waals surface area contributed by atoms with E-state index in [4.69, 9.17) is 9.84 Å². The number of amides is 1. The summed E-state index contributed by atoms with van der Waals surface area (Å²) >= 11 is 0. The number of aliphatic carboxylic acids is 1. The maximum Gasteiger partial charge on any atom is 0.326 e. The summed E-state index contributed by atoms with van der Waals surface area (Å²) in [6.07, 6.45) is 0.345. The summed E-state index contributed by atoms with van der Waals surface area (Å²) in [7, 11) is 0. The zero-order valence-corrected chi connectivity index (χ0v) is 11.5. The molecule has 3 N–H and O–H groups in total. The van der Waals surface area contributed by atoms with Gasteiger partial charge in [0.15, 0.2) is 18.1 Å². The van der Waals surface area contributed by atoms with Gasteiger partial charge in [-0.25, -0.2) is 4.79 Å². The fourth-order valence-corrected chi connectivity index (χ4v) is 1.65. The molecule has 0 aliphatic heterocycles. The second-order valence-corrected chi connectivity index (χ2v) is 4.84. The van der Waals surface area contributed by atoms with Crippen molar-refractivity contribution >= 4 is 11.9 Å². The van der Waals surface area contributed by atoms with Crippen LogP contribution < -0.4 is 10.1 Å². The fourth-order valence-electron chi connectivity index (χ4n) is 1.65. The number of hydrogen-bond donors (Lipinski definition) is 3. The molecule has 0 saturated heterocycles. The lowest BCUT2D eigenvalue weighted by atomic mass is 10.0. The van der Waals surface area contributed by atoms with Gasteiger partial charge in [-0.05, 0) is 24.5 Å². The van der Waals surface area contributed by atoms with Crippen LogP contribution >= 0.6 is 0 Å². The summed E-state index contributed by atoms with van der Waals surface area (Å²) in [6, 6.07) is 5.31. The van der Waals surface area contributed by atoms with Crippen molar-refractivity contribution in [2.24, 2.45) is 5.92 Å². The molecule has 0 aliphatic carbocycles. The standard InChI is InChI=1S/C14H19NO5/c1-9(2)7-10(14(18)19)15-13(17)8-20-12-6-4-3-5-11(12)16/h3-6,9-10,16H,7-8H2,1-2H3,(H,15,17)(H,18,19)/t10-/m0/s1. The third-order valence-electron chi connectivity index (χ3n) is 2.56. The Balaban J connectivity index is 2.50. The van der Waals surface area contributed by atoms with E-state index in [0.29, 0.717) is 6.42 Å². The Labute approximate surface area is 117 Å². The van der Waals surface area contributed by atoms with E-state index in [1.165, 1.54) is 12.1 Å². The number of carboxylic acid groups (broad SMARTS) is 1. The first-order valence-electron chi connectivity index (χ1n) is 6.33. The number of hydrogen-bond acceptors (Lipinski definition) is 4. The summed E-state index contributed by atoms with van der Waals surface area (Å²) in [6.45, 7) is 3.40. The highest BCUT2D eigenvalue weighted by Gasteiger charge is 2.21. The summed E-state index contributed by atoms with van der Waals surface area (Å²) in [4.78, 5) is 22.6. The normalized spacial score (nSPS) is 11.9. The summed E-state index contributed by atoms with van der Waals surface area (Å²) in [5.74, 6) is -1.36. The predicted octanol–water partition coefficient (Wildman–Crippen LogP) is 1.39. The molecular weight excluding hydrogens is 262 g/mol. The molecule has 0 fully saturated rings. The highest BCUT2D eigenvalue weighted by Crippen LogP contribution is 2.23. The van der Waals surface area contributed by atoms with Crippen molar-refractivity contribution in [2.75, 3.05) is 6.61 Å². The van der Waals surface area contributed by atoms with Crippen LogP contribution in [0.2, 0.25) is 0 Å². The number of rotatable bonds is 7. The van der Waals surface area contributed by atoms with Crippen molar-refractivity contribution in [3.8, 4) is 11.5 Å². The molecule has 0 radical (unpaired) electrons. The number of benzene rings is 1. The average molecular weight is 281 g/mol. The Bertz CT molecular complexity index is 472. The molecule has 6 heteroatoms. The van der Waals surface area contributed by atoms with Crippen LogP contribution in [0.1, 0.15) is 20.3 Å². The van der Waals surface area contributed by atoms with E-state index >= 15 is 0 Å². The van der Waals surface area contributed by atoms with Crippen molar-refractivity contribution in [3.05, 3.63) is 24.3 Å². The minimum atomic E-state index is -1.07. The molecule has 1 aromatic carbocycles. The number of phenols is 1. The minimum Gasteiger partial charge on any atom is -0.504 e. The van der Waals surface area contributed by atoms with Gasteiger partial charge in [-0.15, -0.1) is 0 Å². The maximum absolute atomic E-state index is 11.6. The van der Waals surface area contributed by atoms with E-state index in [1.807, 2.05) is 13.8 Å². The minimum absolute atomic E-state index is 0.0720.